The molecule has 0 fully saturated rings. The maximum absolute atomic E-state index is 4.10. The number of nitrogens with zero attached hydrogens (tertiary/aromatic N) is 4. The minimum absolute atomic E-state index is 0.817. The highest BCUT2D eigenvalue weighted by molar-refractivity contribution is 14.1. The number of hydrogen-bond acceptors (Lipinski definition) is 5. The van der Waals surface area contributed by atoms with Gasteiger partial charge in [-0.3, -0.25) is 0 Å². The van der Waals surface area contributed by atoms with Crippen molar-refractivity contribution in [3.05, 3.63) is 9.39 Å². The second-order valence-corrected chi connectivity index (χ2v) is 3.59. The van der Waals surface area contributed by atoms with Gasteiger partial charge in [0.2, 0.25) is 0 Å². The summed E-state index contributed by atoms with van der Waals surface area (Å²) in [4.78, 5) is 0. The molecule has 0 bridgehead atoms. The van der Waals surface area contributed by atoms with Gasteiger partial charge in [0, 0.05) is 0 Å². The number of fused-ring (bicyclic) bond motifs is 1. The lowest BCUT2D eigenvalue weighted by Gasteiger charge is -1.91. The van der Waals surface area contributed by atoms with Crippen molar-refractivity contribution in [2.75, 3.05) is 0 Å². The zero-order chi connectivity index (χ0) is 7.84. The third-order valence-electron chi connectivity index (χ3n) is 1.31. The van der Waals surface area contributed by atoms with Gasteiger partial charge in [-0.1, -0.05) is 0 Å². The first-order valence-electron chi connectivity index (χ1n) is 2.90. The van der Waals surface area contributed by atoms with E-state index in [0.717, 1.165) is 20.4 Å². The van der Waals surface area contributed by atoms with E-state index in [-0.39, 0.29) is 0 Å². The van der Waals surface area contributed by atoms with Crippen LogP contribution in [0.25, 0.3) is 11.0 Å². The molecule has 0 saturated carbocycles. The molecule has 0 amide bonds. The lowest BCUT2D eigenvalue weighted by molar-refractivity contribution is 0.975. The topological polar surface area (TPSA) is 51.6 Å². The van der Waals surface area contributed by atoms with Crippen LogP contribution in [0.5, 0.6) is 0 Å². The summed E-state index contributed by atoms with van der Waals surface area (Å²) >= 11 is 3.30. The quantitative estimate of drug-likeness (QED) is 0.683. The molecule has 0 unspecified atom stereocenters. The van der Waals surface area contributed by atoms with Gasteiger partial charge in [0.25, 0.3) is 0 Å². The summed E-state index contributed by atoms with van der Waals surface area (Å²) in [6.45, 7) is 1.88. The third-order valence-corrected chi connectivity index (χ3v) is 2.57. The Morgan fingerprint density at radius 3 is 2.64 bits per heavy atom. The van der Waals surface area contributed by atoms with Gasteiger partial charge in [0.15, 0.2) is 3.70 Å². The van der Waals surface area contributed by atoms with Crippen molar-refractivity contribution in [1.29, 1.82) is 0 Å². The fourth-order valence-electron chi connectivity index (χ4n) is 0.775. The van der Waals surface area contributed by atoms with Crippen LogP contribution in [0.2, 0.25) is 0 Å². The van der Waals surface area contributed by atoms with Gasteiger partial charge in [0.1, 0.15) is 11.0 Å². The monoisotopic (exact) mass is 278 g/mol. The minimum atomic E-state index is 0.817. The summed E-state index contributed by atoms with van der Waals surface area (Å²) in [6.07, 6.45) is 0. The number of halogens is 1. The highest BCUT2D eigenvalue weighted by Crippen LogP contribution is 2.17. The molecular formula is C5H3IN4S. The second kappa shape index (κ2) is 2.59. The van der Waals surface area contributed by atoms with Gasteiger partial charge >= 0.3 is 0 Å². The standard InChI is InChI=1S/C5H3IN4S/c1-2-3-4(10-11-9-3)5(6)8-7-2/h1H3. The van der Waals surface area contributed by atoms with Crippen LogP contribution in [0.1, 0.15) is 5.69 Å². The number of aryl methyl sites for hydroxylation is 1. The fraction of sp³-hybridized carbons (Fsp3) is 0.200. The molecule has 2 rings (SSSR count). The smallest absolute Gasteiger partial charge is 0.152 e. The van der Waals surface area contributed by atoms with Gasteiger partial charge in [-0.05, 0) is 29.5 Å². The van der Waals surface area contributed by atoms with Crippen LogP contribution in [-0.4, -0.2) is 18.9 Å². The summed E-state index contributed by atoms with van der Waals surface area (Å²) in [5.74, 6) is 0. The molecule has 0 N–H and O–H groups in total. The van der Waals surface area contributed by atoms with Gasteiger partial charge in [0.05, 0.1) is 17.4 Å². The van der Waals surface area contributed by atoms with E-state index in [0.29, 0.717) is 0 Å². The molecule has 0 aliphatic carbocycles. The van der Waals surface area contributed by atoms with Gasteiger partial charge in [-0.15, -0.1) is 5.10 Å². The van der Waals surface area contributed by atoms with Crippen molar-refractivity contribution in [3.8, 4) is 0 Å². The van der Waals surface area contributed by atoms with E-state index in [1.165, 1.54) is 11.7 Å². The predicted molar refractivity (Wildman–Crippen MR) is 50.5 cm³/mol. The molecule has 2 aromatic rings. The second-order valence-electron chi connectivity index (χ2n) is 2.04. The minimum Gasteiger partial charge on any atom is -0.171 e. The predicted octanol–water partition coefficient (Wildman–Crippen LogP) is 1.39. The Morgan fingerprint density at radius 1 is 1.18 bits per heavy atom. The van der Waals surface area contributed by atoms with Crippen LogP contribution in [0, 0.1) is 10.6 Å². The first-order valence-corrected chi connectivity index (χ1v) is 4.71. The van der Waals surface area contributed by atoms with Gasteiger partial charge in [-0.2, -0.15) is 13.8 Å². The SMILES string of the molecule is Cc1nnc(I)c2nsnc12. The molecule has 0 radical (unpaired) electrons. The average molecular weight is 278 g/mol. The lowest BCUT2D eigenvalue weighted by Crippen LogP contribution is -1.91. The molecule has 6 heteroatoms. The molecule has 0 aliphatic rings. The largest absolute Gasteiger partial charge is 0.171 e. The average Bonchev–Trinajstić information content (AvgIpc) is 2.45. The van der Waals surface area contributed by atoms with E-state index >= 15 is 0 Å². The normalized spacial score (nSPS) is 10.7. The fourth-order valence-corrected chi connectivity index (χ4v) is 2.02. The van der Waals surface area contributed by atoms with Crippen LogP contribution in [0.4, 0.5) is 0 Å². The van der Waals surface area contributed by atoms with Crippen LogP contribution in [-0.2, 0) is 0 Å². The van der Waals surface area contributed by atoms with E-state index in [9.17, 15) is 0 Å². The van der Waals surface area contributed by atoms with E-state index in [1.807, 2.05) is 6.92 Å². The molecule has 0 atom stereocenters. The van der Waals surface area contributed by atoms with Crippen molar-refractivity contribution in [1.82, 2.24) is 18.9 Å². The Kier molecular flexibility index (Phi) is 1.72. The van der Waals surface area contributed by atoms with Crippen LogP contribution >= 0.6 is 34.3 Å². The summed E-state index contributed by atoms with van der Waals surface area (Å²) in [5, 5.41) is 7.85. The Morgan fingerprint density at radius 2 is 1.91 bits per heavy atom. The molecular weight excluding hydrogens is 275 g/mol. The first-order chi connectivity index (χ1) is 5.29. The van der Waals surface area contributed by atoms with Crippen LogP contribution in [0.3, 0.4) is 0 Å². The molecule has 2 aromatic heterocycles. The molecule has 0 spiro atoms. The summed E-state index contributed by atoms with van der Waals surface area (Å²) in [5.41, 5.74) is 2.58. The number of hydrogen-bond donors (Lipinski definition) is 0. The first kappa shape index (κ1) is 7.29. The summed E-state index contributed by atoms with van der Waals surface area (Å²) in [7, 11) is 0. The highest BCUT2D eigenvalue weighted by atomic mass is 127. The van der Waals surface area contributed by atoms with Crippen LogP contribution in [0.15, 0.2) is 0 Å². The maximum Gasteiger partial charge on any atom is 0.152 e. The van der Waals surface area contributed by atoms with Crippen molar-refractivity contribution < 1.29 is 0 Å². The van der Waals surface area contributed by atoms with E-state index in [1.54, 1.807) is 0 Å². The third kappa shape index (κ3) is 1.09. The molecule has 11 heavy (non-hydrogen) atoms. The van der Waals surface area contributed by atoms with E-state index in [2.05, 4.69) is 41.5 Å². The maximum atomic E-state index is 4.10. The zero-order valence-electron chi connectivity index (χ0n) is 5.58. The van der Waals surface area contributed by atoms with E-state index < -0.39 is 0 Å². The van der Waals surface area contributed by atoms with Gasteiger partial charge in [-0.25, -0.2) is 0 Å². The molecule has 0 saturated heterocycles. The van der Waals surface area contributed by atoms with Crippen LogP contribution < -0.4 is 0 Å². The summed E-state index contributed by atoms with van der Waals surface area (Å²) < 4.78 is 9.02. The lowest BCUT2D eigenvalue weighted by atomic mass is 10.4. The van der Waals surface area contributed by atoms with Crippen molar-refractivity contribution in [3.63, 3.8) is 0 Å². The van der Waals surface area contributed by atoms with Crippen molar-refractivity contribution in [2.24, 2.45) is 0 Å². The number of aromatic nitrogens is 4. The number of rotatable bonds is 0. The Balaban J connectivity index is 2.96. The van der Waals surface area contributed by atoms with Gasteiger partial charge < -0.3 is 0 Å². The Bertz CT molecular complexity index is 362. The molecule has 4 nitrogen and oxygen atoms in total. The molecule has 0 aromatic carbocycles. The zero-order valence-corrected chi connectivity index (χ0v) is 8.55. The Hall–Kier alpha value is -0.370. The molecule has 56 valence electrons. The Labute approximate surface area is 80.5 Å². The van der Waals surface area contributed by atoms with Crippen molar-refractivity contribution >= 4 is 45.4 Å². The molecule has 0 aliphatic heterocycles. The highest BCUT2D eigenvalue weighted by Gasteiger charge is 2.07. The summed E-state index contributed by atoms with van der Waals surface area (Å²) in [6, 6.07) is 0. The van der Waals surface area contributed by atoms with Crippen molar-refractivity contribution in [2.45, 2.75) is 6.92 Å². The molecule has 2 heterocycles. The van der Waals surface area contributed by atoms with E-state index in [4.69, 9.17) is 0 Å².